The summed E-state index contributed by atoms with van der Waals surface area (Å²) in [7, 11) is 1.52. The van der Waals surface area contributed by atoms with E-state index in [4.69, 9.17) is 9.47 Å². The van der Waals surface area contributed by atoms with Gasteiger partial charge in [-0.15, -0.1) is 0 Å². The highest BCUT2D eigenvalue weighted by Gasteiger charge is 2.46. The third-order valence-corrected chi connectivity index (χ3v) is 4.97. The van der Waals surface area contributed by atoms with Crippen molar-refractivity contribution in [3.05, 3.63) is 54.1 Å². The zero-order valence-corrected chi connectivity index (χ0v) is 18.0. The molecule has 0 aliphatic carbocycles. The number of benzene rings is 2. The van der Waals surface area contributed by atoms with Crippen LogP contribution < -0.4 is 15.0 Å². The van der Waals surface area contributed by atoms with Crippen molar-refractivity contribution in [1.82, 2.24) is 4.90 Å². The number of imide groups is 1. The average Bonchev–Trinajstić information content (AvgIpc) is 2.98. The number of nitrogens with zero attached hydrogens (tertiary/aromatic N) is 2. The van der Waals surface area contributed by atoms with Crippen molar-refractivity contribution < 1.29 is 23.9 Å². The van der Waals surface area contributed by atoms with Crippen LogP contribution in [0.2, 0.25) is 0 Å². The Bertz CT molecular complexity index is 927. The summed E-state index contributed by atoms with van der Waals surface area (Å²) in [5, 5.41) is 2.78. The van der Waals surface area contributed by atoms with Crippen molar-refractivity contribution in [2.45, 2.75) is 26.3 Å². The molecule has 1 saturated heterocycles. The summed E-state index contributed by atoms with van der Waals surface area (Å²) in [4.78, 5) is 41.3. The van der Waals surface area contributed by atoms with Crippen LogP contribution in [0.1, 0.15) is 18.9 Å². The monoisotopic (exact) mass is 425 g/mol. The maximum Gasteiger partial charge on any atom is 0.332 e. The smallest absolute Gasteiger partial charge is 0.332 e. The van der Waals surface area contributed by atoms with Gasteiger partial charge in [-0.25, -0.2) is 9.69 Å². The van der Waals surface area contributed by atoms with Crippen LogP contribution in [0.3, 0.4) is 0 Å². The van der Waals surface area contributed by atoms with E-state index in [0.717, 1.165) is 10.5 Å². The van der Waals surface area contributed by atoms with E-state index in [0.29, 0.717) is 23.7 Å². The first-order valence-electron chi connectivity index (χ1n) is 10.2. The van der Waals surface area contributed by atoms with Gasteiger partial charge in [0.1, 0.15) is 11.8 Å². The Hall–Kier alpha value is -3.39. The van der Waals surface area contributed by atoms with Crippen LogP contribution in [-0.2, 0) is 14.3 Å². The number of urea groups is 1. The molecule has 1 unspecified atom stereocenters. The molecule has 1 aliphatic heterocycles. The second kappa shape index (κ2) is 10.1. The number of anilines is 2. The van der Waals surface area contributed by atoms with E-state index in [1.54, 1.807) is 36.4 Å². The number of methoxy groups -OCH3 is 1. The van der Waals surface area contributed by atoms with E-state index in [-0.39, 0.29) is 25.5 Å². The predicted molar refractivity (Wildman–Crippen MR) is 117 cm³/mol. The fourth-order valence-corrected chi connectivity index (χ4v) is 3.40. The van der Waals surface area contributed by atoms with Crippen LogP contribution in [0.5, 0.6) is 5.75 Å². The molecular formula is C23H27N3O5. The number of carbonyl (C=O) groups excluding carboxylic acids is 3. The summed E-state index contributed by atoms with van der Waals surface area (Å²) >= 11 is 0. The van der Waals surface area contributed by atoms with E-state index in [9.17, 15) is 14.4 Å². The first-order chi connectivity index (χ1) is 14.9. The van der Waals surface area contributed by atoms with Crippen molar-refractivity contribution in [2.75, 3.05) is 37.1 Å². The zero-order valence-electron chi connectivity index (χ0n) is 18.0. The summed E-state index contributed by atoms with van der Waals surface area (Å²) in [6, 6.07) is 12.7. The molecule has 8 heteroatoms. The maximum atomic E-state index is 13.1. The molecule has 0 radical (unpaired) electrons. The lowest BCUT2D eigenvalue weighted by molar-refractivity contribution is -0.124. The maximum absolute atomic E-state index is 13.1. The predicted octanol–water partition coefficient (Wildman–Crippen LogP) is 3.21. The highest BCUT2D eigenvalue weighted by molar-refractivity contribution is 6.22. The van der Waals surface area contributed by atoms with Crippen molar-refractivity contribution in [1.29, 1.82) is 0 Å². The molecule has 1 aliphatic rings. The van der Waals surface area contributed by atoms with Crippen molar-refractivity contribution in [3.63, 3.8) is 0 Å². The first kappa shape index (κ1) is 22.3. The van der Waals surface area contributed by atoms with E-state index < -0.39 is 18.0 Å². The molecule has 1 fully saturated rings. The molecule has 31 heavy (non-hydrogen) atoms. The van der Waals surface area contributed by atoms with Gasteiger partial charge in [-0.05, 0) is 50.2 Å². The molecule has 0 bridgehead atoms. The standard InChI is InChI=1S/C23H27N3O5/c1-4-31-19-11-7-17(8-12-19)24-21(27)15-20-22(28)26(18-9-5-16(2)6-10-18)23(29)25(20)13-14-30-3/h5-12,20H,4,13-15H2,1-3H3,(H,24,27). The Balaban J connectivity index is 1.74. The van der Waals surface area contributed by atoms with Crippen LogP contribution in [0.25, 0.3) is 0 Å². The summed E-state index contributed by atoms with van der Waals surface area (Å²) in [5.74, 6) is -0.0770. The quantitative estimate of drug-likeness (QED) is 0.624. The molecule has 0 spiro atoms. The Morgan fingerprint density at radius 2 is 1.74 bits per heavy atom. The normalized spacial score (nSPS) is 16.0. The van der Waals surface area contributed by atoms with Crippen LogP contribution in [0.4, 0.5) is 16.2 Å². The number of nitrogens with one attached hydrogen (secondary N) is 1. The summed E-state index contributed by atoms with van der Waals surface area (Å²) in [6.45, 7) is 4.85. The first-order valence-corrected chi connectivity index (χ1v) is 10.2. The summed E-state index contributed by atoms with van der Waals surface area (Å²) in [6.07, 6.45) is -0.149. The number of amides is 4. The molecule has 1 N–H and O–H groups in total. The van der Waals surface area contributed by atoms with Gasteiger partial charge in [-0.1, -0.05) is 17.7 Å². The molecule has 164 valence electrons. The van der Waals surface area contributed by atoms with Gasteiger partial charge in [0.2, 0.25) is 5.91 Å². The average molecular weight is 425 g/mol. The van der Waals surface area contributed by atoms with Gasteiger partial charge in [-0.3, -0.25) is 9.59 Å². The van der Waals surface area contributed by atoms with Crippen molar-refractivity contribution in [3.8, 4) is 5.75 Å². The fraction of sp³-hybridized carbons (Fsp3) is 0.348. The van der Waals surface area contributed by atoms with Gasteiger partial charge in [0.05, 0.1) is 25.3 Å². The Labute approximate surface area is 181 Å². The topological polar surface area (TPSA) is 88.2 Å². The lowest BCUT2D eigenvalue weighted by Crippen LogP contribution is -2.39. The molecular weight excluding hydrogens is 398 g/mol. The Morgan fingerprint density at radius 1 is 1.06 bits per heavy atom. The summed E-state index contributed by atoms with van der Waals surface area (Å²) in [5.41, 5.74) is 2.09. The minimum Gasteiger partial charge on any atom is -0.494 e. The van der Waals surface area contributed by atoms with E-state index in [1.165, 1.54) is 12.0 Å². The number of hydrogen-bond donors (Lipinski definition) is 1. The molecule has 1 atom stereocenters. The van der Waals surface area contributed by atoms with Crippen molar-refractivity contribution >= 4 is 29.2 Å². The molecule has 0 aromatic heterocycles. The fourth-order valence-electron chi connectivity index (χ4n) is 3.40. The van der Waals surface area contributed by atoms with Gasteiger partial charge in [-0.2, -0.15) is 0 Å². The molecule has 2 aromatic rings. The van der Waals surface area contributed by atoms with Gasteiger partial charge < -0.3 is 19.7 Å². The summed E-state index contributed by atoms with van der Waals surface area (Å²) < 4.78 is 10.5. The lowest BCUT2D eigenvalue weighted by Gasteiger charge is -2.21. The number of hydrogen-bond acceptors (Lipinski definition) is 5. The Morgan fingerprint density at radius 3 is 2.35 bits per heavy atom. The highest BCUT2D eigenvalue weighted by atomic mass is 16.5. The minimum atomic E-state index is -0.897. The van der Waals surface area contributed by atoms with E-state index in [1.807, 2.05) is 26.0 Å². The number of carbonyl (C=O) groups is 3. The van der Waals surface area contributed by atoms with Crippen LogP contribution >= 0.6 is 0 Å². The third kappa shape index (κ3) is 5.21. The molecule has 2 aromatic carbocycles. The van der Waals surface area contributed by atoms with Crippen LogP contribution in [0.15, 0.2) is 48.5 Å². The molecule has 0 saturated carbocycles. The van der Waals surface area contributed by atoms with Gasteiger partial charge in [0.25, 0.3) is 5.91 Å². The molecule has 8 nitrogen and oxygen atoms in total. The largest absolute Gasteiger partial charge is 0.494 e. The molecule has 4 amide bonds. The van der Waals surface area contributed by atoms with Crippen LogP contribution in [0, 0.1) is 6.92 Å². The van der Waals surface area contributed by atoms with Crippen molar-refractivity contribution in [2.24, 2.45) is 0 Å². The second-order valence-corrected chi connectivity index (χ2v) is 7.20. The SMILES string of the molecule is CCOc1ccc(NC(=O)CC2C(=O)N(c3ccc(C)cc3)C(=O)N2CCOC)cc1. The zero-order chi connectivity index (χ0) is 22.4. The second-order valence-electron chi connectivity index (χ2n) is 7.20. The lowest BCUT2D eigenvalue weighted by atomic mass is 10.1. The number of aryl methyl sites for hydroxylation is 1. The van der Waals surface area contributed by atoms with Crippen LogP contribution in [-0.4, -0.2) is 55.7 Å². The van der Waals surface area contributed by atoms with E-state index >= 15 is 0 Å². The third-order valence-electron chi connectivity index (χ3n) is 4.97. The minimum absolute atomic E-state index is 0.149. The Kier molecular flexibility index (Phi) is 7.25. The highest BCUT2D eigenvalue weighted by Crippen LogP contribution is 2.27. The number of rotatable bonds is 9. The van der Waals surface area contributed by atoms with Gasteiger partial charge in [0.15, 0.2) is 0 Å². The number of ether oxygens (including phenoxy) is 2. The van der Waals surface area contributed by atoms with E-state index in [2.05, 4.69) is 5.32 Å². The molecule has 3 rings (SSSR count). The molecule has 1 heterocycles. The van der Waals surface area contributed by atoms with Gasteiger partial charge >= 0.3 is 6.03 Å². The van der Waals surface area contributed by atoms with Gasteiger partial charge in [0, 0.05) is 19.3 Å².